The van der Waals surface area contributed by atoms with E-state index in [1.165, 1.54) is 11.3 Å². The fourth-order valence-electron chi connectivity index (χ4n) is 1.95. The Balaban J connectivity index is 1.93. The van der Waals surface area contributed by atoms with Crippen LogP contribution in [0.2, 0.25) is 0 Å². The third kappa shape index (κ3) is 3.76. The van der Waals surface area contributed by atoms with E-state index < -0.39 is 0 Å². The minimum Gasteiger partial charge on any atom is -0.381 e. The summed E-state index contributed by atoms with van der Waals surface area (Å²) < 4.78 is 0. The van der Waals surface area contributed by atoms with E-state index in [-0.39, 0.29) is 0 Å². The molecular formula is C17H19N3. The third-order valence-electron chi connectivity index (χ3n) is 3.19. The Morgan fingerprint density at radius 3 is 2.10 bits per heavy atom. The molecule has 0 aromatic heterocycles. The van der Waals surface area contributed by atoms with Gasteiger partial charge in [0.15, 0.2) is 0 Å². The lowest BCUT2D eigenvalue weighted by molar-refractivity contribution is 1.11. The minimum absolute atomic E-state index is 0.465. The van der Waals surface area contributed by atoms with Gasteiger partial charge in [-0.3, -0.25) is 0 Å². The number of nitrogens with zero attached hydrogens (tertiary/aromatic N) is 2. The number of nitrogens with one attached hydrogen (secondary N) is 1. The van der Waals surface area contributed by atoms with Crippen molar-refractivity contribution < 1.29 is 0 Å². The quantitative estimate of drug-likeness (QED) is 0.900. The summed E-state index contributed by atoms with van der Waals surface area (Å²) >= 11 is 0. The van der Waals surface area contributed by atoms with Crippen LogP contribution in [0.1, 0.15) is 11.1 Å². The van der Waals surface area contributed by atoms with Crippen LogP contribution in [0.3, 0.4) is 0 Å². The van der Waals surface area contributed by atoms with Gasteiger partial charge >= 0.3 is 0 Å². The maximum atomic E-state index is 8.63. The Morgan fingerprint density at radius 1 is 0.950 bits per heavy atom. The Morgan fingerprint density at radius 2 is 1.55 bits per heavy atom. The molecule has 2 aromatic carbocycles. The van der Waals surface area contributed by atoms with Crippen molar-refractivity contribution in [2.75, 3.05) is 24.3 Å². The van der Waals surface area contributed by atoms with Gasteiger partial charge in [0.1, 0.15) is 0 Å². The van der Waals surface area contributed by atoms with Gasteiger partial charge in [-0.1, -0.05) is 24.3 Å². The van der Waals surface area contributed by atoms with Crippen LogP contribution in [0.5, 0.6) is 0 Å². The summed E-state index contributed by atoms with van der Waals surface area (Å²) in [5.74, 6) is 0. The lowest BCUT2D eigenvalue weighted by Crippen LogP contribution is -2.08. The van der Waals surface area contributed by atoms with Gasteiger partial charge in [-0.05, 0) is 35.4 Å². The topological polar surface area (TPSA) is 39.1 Å². The molecule has 0 aliphatic carbocycles. The first-order valence-electron chi connectivity index (χ1n) is 6.65. The zero-order valence-corrected chi connectivity index (χ0v) is 11.9. The molecule has 0 atom stereocenters. The van der Waals surface area contributed by atoms with Crippen LogP contribution in [0.15, 0.2) is 48.5 Å². The highest BCUT2D eigenvalue weighted by Crippen LogP contribution is 2.15. The summed E-state index contributed by atoms with van der Waals surface area (Å²) in [6, 6.07) is 18.7. The Hall–Kier alpha value is -2.47. The highest BCUT2D eigenvalue weighted by Gasteiger charge is 1.97. The molecule has 2 rings (SSSR count). The lowest BCUT2D eigenvalue weighted by Gasteiger charge is -2.13. The second-order valence-corrected chi connectivity index (χ2v) is 4.95. The van der Waals surface area contributed by atoms with Gasteiger partial charge in [-0.25, -0.2) is 0 Å². The third-order valence-corrected chi connectivity index (χ3v) is 3.19. The number of anilines is 2. The van der Waals surface area contributed by atoms with Crippen LogP contribution in [-0.2, 0) is 13.0 Å². The lowest BCUT2D eigenvalue weighted by atomic mass is 10.1. The molecule has 1 N–H and O–H groups in total. The molecule has 0 saturated heterocycles. The number of hydrogen-bond donors (Lipinski definition) is 1. The van der Waals surface area contributed by atoms with E-state index in [9.17, 15) is 0 Å². The van der Waals surface area contributed by atoms with Crippen molar-refractivity contribution in [2.45, 2.75) is 13.0 Å². The average molecular weight is 265 g/mol. The SMILES string of the molecule is CN(C)c1ccc(CNc2ccc(CC#N)cc2)cc1. The van der Waals surface area contributed by atoms with E-state index in [0.29, 0.717) is 6.42 Å². The van der Waals surface area contributed by atoms with E-state index in [1.54, 1.807) is 0 Å². The van der Waals surface area contributed by atoms with Crippen LogP contribution in [0, 0.1) is 11.3 Å². The fraction of sp³-hybridized carbons (Fsp3) is 0.235. The van der Waals surface area contributed by atoms with Crippen molar-refractivity contribution in [3.8, 4) is 6.07 Å². The molecule has 3 nitrogen and oxygen atoms in total. The molecule has 0 aliphatic heterocycles. The molecule has 0 unspecified atom stereocenters. The first kappa shape index (κ1) is 14.0. The number of rotatable bonds is 5. The van der Waals surface area contributed by atoms with Crippen molar-refractivity contribution in [1.82, 2.24) is 0 Å². The van der Waals surface area contributed by atoms with Gasteiger partial charge in [0.2, 0.25) is 0 Å². The average Bonchev–Trinajstić information content (AvgIpc) is 2.47. The van der Waals surface area contributed by atoms with E-state index in [4.69, 9.17) is 5.26 Å². The molecule has 2 aromatic rings. The molecule has 0 aliphatic rings. The Bertz CT molecular complexity index is 577. The summed E-state index contributed by atoms with van der Waals surface area (Å²) in [7, 11) is 4.08. The van der Waals surface area contributed by atoms with E-state index in [1.807, 2.05) is 38.4 Å². The smallest absolute Gasteiger partial charge is 0.0669 e. The first-order valence-corrected chi connectivity index (χ1v) is 6.65. The summed E-state index contributed by atoms with van der Waals surface area (Å²) in [6.07, 6.45) is 0.465. The molecule has 0 amide bonds. The van der Waals surface area contributed by atoms with Gasteiger partial charge in [0, 0.05) is 32.0 Å². The molecule has 0 heterocycles. The number of benzene rings is 2. The predicted molar refractivity (Wildman–Crippen MR) is 83.9 cm³/mol. The van der Waals surface area contributed by atoms with Gasteiger partial charge in [0.05, 0.1) is 12.5 Å². The standard InChI is InChI=1S/C17H19N3/c1-20(2)17-9-5-15(6-10-17)13-19-16-7-3-14(4-8-16)11-12-18/h3-10,19H,11,13H2,1-2H3. The van der Waals surface area contributed by atoms with Crippen LogP contribution in [0.25, 0.3) is 0 Å². The van der Waals surface area contributed by atoms with Crippen LogP contribution >= 0.6 is 0 Å². The second-order valence-electron chi connectivity index (χ2n) is 4.95. The van der Waals surface area contributed by atoms with Crippen molar-refractivity contribution in [2.24, 2.45) is 0 Å². The summed E-state index contributed by atoms with van der Waals surface area (Å²) in [5.41, 5.74) is 4.57. The summed E-state index contributed by atoms with van der Waals surface area (Å²) in [6.45, 7) is 0.797. The zero-order valence-electron chi connectivity index (χ0n) is 11.9. The zero-order chi connectivity index (χ0) is 14.4. The largest absolute Gasteiger partial charge is 0.381 e. The molecule has 20 heavy (non-hydrogen) atoms. The predicted octanol–water partition coefficient (Wildman–Crippen LogP) is 3.43. The minimum atomic E-state index is 0.465. The van der Waals surface area contributed by atoms with Crippen LogP contribution < -0.4 is 10.2 Å². The molecule has 0 fully saturated rings. The van der Waals surface area contributed by atoms with E-state index >= 15 is 0 Å². The monoisotopic (exact) mass is 265 g/mol. The van der Waals surface area contributed by atoms with Gasteiger partial charge in [-0.15, -0.1) is 0 Å². The maximum Gasteiger partial charge on any atom is 0.0669 e. The van der Waals surface area contributed by atoms with E-state index in [0.717, 1.165) is 17.8 Å². The summed E-state index contributed by atoms with van der Waals surface area (Å²) in [5, 5.41) is 12.0. The molecule has 3 heteroatoms. The Labute approximate surface area is 120 Å². The van der Waals surface area contributed by atoms with Crippen molar-refractivity contribution in [1.29, 1.82) is 5.26 Å². The highest BCUT2D eigenvalue weighted by atomic mass is 15.1. The van der Waals surface area contributed by atoms with Crippen LogP contribution in [0.4, 0.5) is 11.4 Å². The molecule has 0 bridgehead atoms. The van der Waals surface area contributed by atoms with Gasteiger partial charge in [0.25, 0.3) is 0 Å². The van der Waals surface area contributed by atoms with Gasteiger partial charge < -0.3 is 10.2 Å². The van der Waals surface area contributed by atoms with Gasteiger partial charge in [-0.2, -0.15) is 5.26 Å². The molecule has 102 valence electrons. The highest BCUT2D eigenvalue weighted by molar-refractivity contribution is 5.48. The number of nitriles is 1. The van der Waals surface area contributed by atoms with Crippen molar-refractivity contribution >= 4 is 11.4 Å². The fourth-order valence-corrected chi connectivity index (χ4v) is 1.95. The molecule has 0 radical (unpaired) electrons. The number of hydrogen-bond acceptors (Lipinski definition) is 3. The molecular weight excluding hydrogens is 246 g/mol. The first-order chi connectivity index (χ1) is 9.69. The van der Waals surface area contributed by atoms with E-state index in [2.05, 4.69) is 40.6 Å². The van der Waals surface area contributed by atoms with Crippen molar-refractivity contribution in [3.05, 3.63) is 59.7 Å². The van der Waals surface area contributed by atoms with Crippen LogP contribution in [-0.4, -0.2) is 14.1 Å². The Kier molecular flexibility index (Phi) is 4.62. The molecule has 0 spiro atoms. The normalized spacial score (nSPS) is 9.85. The maximum absolute atomic E-state index is 8.63. The molecule has 0 saturated carbocycles. The second kappa shape index (κ2) is 6.63. The summed E-state index contributed by atoms with van der Waals surface area (Å²) in [4.78, 5) is 2.09. The van der Waals surface area contributed by atoms with Crippen molar-refractivity contribution in [3.63, 3.8) is 0 Å².